The first kappa shape index (κ1) is 11.1. The van der Waals surface area contributed by atoms with E-state index in [4.69, 9.17) is 0 Å². The Morgan fingerprint density at radius 3 is 2.69 bits per heavy atom. The minimum Gasteiger partial charge on any atom is -0.380 e. The van der Waals surface area contributed by atoms with Gasteiger partial charge < -0.3 is 5.32 Å². The highest BCUT2D eigenvalue weighted by atomic mass is 32.1. The van der Waals surface area contributed by atoms with Gasteiger partial charge in [0.15, 0.2) is 0 Å². The van der Waals surface area contributed by atoms with Crippen molar-refractivity contribution in [2.45, 2.75) is 27.3 Å². The normalized spacial score (nSPS) is 10.4. The van der Waals surface area contributed by atoms with Crippen molar-refractivity contribution >= 4 is 17.0 Å². The number of nitrogens with zero attached hydrogens (tertiary/aromatic N) is 1. The van der Waals surface area contributed by atoms with Crippen molar-refractivity contribution in [3.63, 3.8) is 0 Å². The molecule has 84 valence electrons. The summed E-state index contributed by atoms with van der Waals surface area (Å²) in [6.07, 6.45) is 0. The summed E-state index contributed by atoms with van der Waals surface area (Å²) in [7, 11) is 0. The first-order valence-corrected chi connectivity index (χ1v) is 6.20. The predicted molar refractivity (Wildman–Crippen MR) is 70.1 cm³/mol. The molecule has 0 aliphatic rings. The van der Waals surface area contributed by atoms with Gasteiger partial charge in [0.2, 0.25) is 0 Å². The monoisotopic (exact) mass is 232 g/mol. The fraction of sp³-hybridized carbons (Fsp3) is 0.308. The molecule has 0 aliphatic heterocycles. The Labute approximate surface area is 100 Å². The molecule has 2 aromatic rings. The third kappa shape index (κ3) is 2.61. The van der Waals surface area contributed by atoms with Crippen molar-refractivity contribution in [3.05, 3.63) is 45.4 Å². The Morgan fingerprint density at radius 2 is 2.06 bits per heavy atom. The Kier molecular flexibility index (Phi) is 3.25. The Hall–Kier alpha value is -1.35. The maximum atomic E-state index is 4.42. The smallest absolute Gasteiger partial charge is 0.0900 e. The summed E-state index contributed by atoms with van der Waals surface area (Å²) in [5.41, 5.74) is 3.59. The summed E-state index contributed by atoms with van der Waals surface area (Å²) >= 11 is 1.76. The SMILES string of the molecule is Cc1cccc(NCc2sc(C)nc2C)c1. The quantitative estimate of drug-likeness (QED) is 0.873. The average molecular weight is 232 g/mol. The molecule has 0 radical (unpaired) electrons. The van der Waals surface area contributed by atoms with Crippen LogP contribution in [0.2, 0.25) is 0 Å². The maximum Gasteiger partial charge on any atom is 0.0900 e. The molecular formula is C13H16N2S. The molecule has 3 heteroatoms. The molecule has 0 amide bonds. The molecule has 2 rings (SSSR count). The Morgan fingerprint density at radius 1 is 1.25 bits per heavy atom. The number of rotatable bonds is 3. The van der Waals surface area contributed by atoms with Gasteiger partial charge in [0.05, 0.1) is 17.2 Å². The lowest BCUT2D eigenvalue weighted by Crippen LogP contribution is -1.98. The molecule has 0 saturated heterocycles. The van der Waals surface area contributed by atoms with Crippen LogP contribution in [0.25, 0.3) is 0 Å². The van der Waals surface area contributed by atoms with E-state index in [0.29, 0.717) is 0 Å². The van der Waals surface area contributed by atoms with Crippen molar-refractivity contribution in [1.82, 2.24) is 4.98 Å². The van der Waals surface area contributed by atoms with E-state index in [-0.39, 0.29) is 0 Å². The third-order valence-electron chi connectivity index (χ3n) is 2.47. The van der Waals surface area contributed by atoms with Gasteiger partial charge in [-0.3, -0.25) is 0 Å². The lowest BCUT2D eigenvalue weighted by Gasteiger charge is -2.05. The largest absolute Gasteiger partial charge is 0.380 e. The molecule has 1 N–H and O–H groups in total. The highest BCUT2D eigenvalue weighted by molar-refractivity contribution is 7.11. The van der Waals surface area contributed by atoms with E-state index in [2.05, 4.69) is 48.4 Å². The molecular weight excluding hydrogens is 216 g/mol. The second-order valence-corrected chi connectivity index (χ2v) is 5.25. The van der Waals surface area contributed by atoms with E-state index in [1.807, 2.05) is 6.92 Å². The molecule has 0 atom stereocenters. The van der Waals surface area contributed by atoms with Crippen LogP contribution in [0, 0.1) is 20.8 Å². The summed E-state index contributed by atoms with van der Waals surface area (Å²) in [5, 5.41) is 4.56. The minimum absolute atomic E-state index is 0.862. The van der Waals surface area contributed by atoms with E-state index in [1.54, 1.807) is 11.3 Å². The zero-order chi connectivity index (χ0) is 11.5. The standard InChI is InChI=1S/C13H16N2S/c1-9-5-4-6-12(7-9)14-8-13-10(2)15-11(3)16-13/h4-7,14H,8H2,1-3H3. The third-order valence-corrected chi connectivity index (χ3v) is 3.54. The first-order chi connectivity index (χ1) is 7.65. The number of aromatic nitrogens is 1. The number of anilines is 1. The molecule has 0 spiro atoms. The van der Waals surface area contributed by atoms with Gasteiger partial charge in [-0.2, -0.15) is 0 Å². The van der Waals surface area contributed by atoms with Crippen LogP contribution in [0.15, 0.2) is 24.3 Å². The van der Waals surface area contributed by atoms with Crippen molar-refractivity contribution in [3.8, 4) is 0 Å². The van der Waals surface area contributed by atoms with E-state index in [1.165, 1.54) is 16.1 Å². The second kappa shape index (κ2) is 4.66. The minimum atomic E-state index is 0.862. The average Bonchev–Trinajstić information content (AvgIpc) is 2.54. The Balaban J connectivity index is 2.05. The van der Waals surface area contributed by atoms with Gasteiger partial charge in [0.25, 0.3) is 0 Å². The van der Waals surface area contributed by atoms with Crippen LogP contribution in [-0.4, -0.2) is 4.98 Å². The topological polar surface area (TPSA) is 24.9 Å². The number of aryl methyl sites for hydroxylation is 3. The molecule has 1 aromatic carbocycles. The zero-order valence-electron chi connectivity index (χ0n) is 9.87. The van der Waals surface area contributed by atoms with Crippen LogP contribution < -0.4 is 5.32 Å². The van der Waals surface area contributed by atoms with Crippen molar-refractivity contribution in [2.24, 2.45) is 0 Å². The van der Waals surface area contributed by atoms with E-state index >= 15 is 0 Å². The molecule has 0 bridgehead atoms. The zero-order valence-corrected chi connectivity index (χ0v) is 10.7. The molecule has 1 heterocycles. The summed E-state index contributed by atoms with van der Waals surface area (Å²) in [6, 6.07) is 8.43. The van der Waals surface area contributed by atoms with Gasteiger partial charge in [-0.25, -0.2) is 4.98 Å². The summed E-state index contributed by atoms with van der Waals surface area (Å²) in [5.74, 6) is 0. The number of nitrogens with one attached hydrogen (secondary N) is 1. The van der Waals surface area contributed by atoms with E-state index in [0.717, 1.165) is 17.2 Å². The van der Waals surface area contributed by atoms with Crippen LogP contribution >= 0.6 is 11.3 Å². The number of hydrogen-bond donors (Lipinski definition) is 1. The number of benzene rings is 1. The van der Waals surface area contributed by atoms with Gasteiger partial charge >= 0.3 is 0 Å². The van der Waals surface area contributed by atoms with Crippen LogP contribution in [0.4, 0.5) is 5.69 Å². The van der Waals surface area contributed by atoms with Gasteiger partial charge in [-0.1, -0.05) is 12.1 Å². The molecule has 16 heavy (non-hydrogen) atoms. The Bertz CT molecular complexity index is 488. The number of hydrogen-bond acceptors (Lipinski definition) is 3. The lowest BCUT2D eigenvalue weighted by molar-refractivity contribution is 1.11. The van der Waals surface area contributed by atoms with Gasteiger partial charge in [0, 0.05) is 10.6 Å². The van der Waals surface area contributed by atoms with Crippen molar-refractivity contribution in [2.75, 3.05) is 5.32 Å². The molecule has 0 saturated carbocycles. The van der Waals surface area contributed by atoms with Crippen LogP contribution in [0.1, 0.15) is 21.1 Å². The van der Waals surface area contributed by atoms with Crippen molar-refractivity contribution in [1.29, 1.82) is 0 Å². The highest BCUT2D eigenvalue weighted by Gasteiger charge is 2.03. The summed E-state index contributed by atoms with van der Waals surface area (Å²) < 4.78 is 0. The van der Waals surface area contributed by atoms with Gasteiger partial charge in [-0.15, -0.1) is 11.3 Å². The van der Waals surface area contributed by atoms with E-state index in [9.17, 15) is 0 Å². The molecule has 2 nitrogen and oxygen atoms in total. The maximum absolute atomic E-state index is 4.42. The second-order valence-electron chi connectivity index (χ2n) is 3.96. The number of thiazole rings is 1. The summed E-state index contributed by atoms with van der Waals surface area (Å²) in [6.45, 7) is 7.08. The molecule has 0 fully saturated rings. The molecule has 1 aromatic heterocycles. The van der Waals surface area contributed by atoms with E-state index < -0.39 is 0 Å². The van der Waals surface area contributed by atoms with Gasteiger partial charge in [0.1, 0.15) is 0 Å². The van der Waals surface area contributed by atoms with Crippen molar-refractivity contribution < 1.29 is 0 Å². The summed E-state index contributed by atoms with van der Waals surface area (Å²) in [4.78, 5) is 5.74. The highest BCUT2D eigenvalue weighted by Crippen LogP contribution is 2.19. The lowest BCUT2D eigenvalue weighted by atomic mass is 10.2. The van der Waals surface area contributed by atoms with Gasteiger partial charge in [-0.05, 0) is 38.5 Å². The fourth-order valence-electron chi connectivity index (χ4n) is 1.67. The first-order valence-electron chi connectivity index (χ1n) is 5.38. The van der Waals surface area contributed by atoms with Crippen LogP contribution in [0.3, 0.4) is 0 Å². The van der Waals surface area contributed by atoms with Crippen LogP contribution in [-0.2, 0) is 6.54 Å². The predicted octanol–water partition coefficient (Wildman–Crippen LogP) is 3.68. The van der Waals surface area contributed by atoms with Crippen LogP contribution in [0.5, 0.6) is 0 Å². The molecule has 0 aliphatic carbocycles. The molecule has 0 unspecified atom stereocenters. The fourth-order valence-corrected chi connectivity index (χ4v) is 2.55.